The van der Waals surface area contributed by atoms with Crippen LogP contribution in [0.15, 0.2) is 65.6 Å². The predicted octanol–water partition coefficient (Wildman–Crippen LogP) is 3.69. The van der Waals surface area contributed by atoms with Crippen LogP contribution in [-0.4, -0.2) is 49.3 Å². The first-order valence-electron chi connectivity index (χ1n) is 10.3. The van der Waals surface area contributed by atoms with Gasteiger partial charge < -0.3 is 24.3 Å². The van der Waals surface area contributed by atoms with Gasteiger partial charge in [0.25, 0.3) is 10.0 Å². The standard InChI is InChI=1S/C24H25FN2O7S/c1-31-16-9-11-21(32-2)20(13-16)27(15-24(28)26-19-8-6-5-7-18(19)25)35(29,30)17-10-12-22(33-3)23(14-17)34-4/h5-14H,15H2,1-4H3,(H,26,28). The summed E-state index contributed by atoms with van der Waals surface area (Å²) in [7, 11) is 1.23. The lowest BCUT2D eigenvalue weighted by molar-refractivity contribution is -0.114. The first-order valence-corrected chi connectivity index (χ1v) is 11.7. The lowest BCUT2D eigenvalue weighted by Gasteiger charge is -2.26. The summed E-state index contributed by atoms with van der Waals surface area (Å²) in [4.78, 5) is 12.7. The Labute approximate surface area is 203 Å². The van der Waals surface area contributed by atoms with Gasteiger partial charge in [0.1, 0.15) is 23.9 Å². The van der Waals surface area contributed by atoms with Crippen molar-refractivity contribution in [1.82, 2.24) is 0 Å². The molecule has 0 bridgehead atoms. The van der Waals surface area contributed by atoms with Gasteiger partial charge in [0.2, 0.25) is 5.91 Å². The Bertz CT molecular complexity index is 1310. The SMILES string of the molecule is COc1ccc(OC)c(N(CC(=O)Nc2ccccc2F)S(=O)(=O)c2ccc(OC)c(OC)c2)c1. The number of rotatable bonds is 10. The van der Waals surface area contributed by atoms with Crippen LogP contribution in [0.4, 0.5) is 15.8 Å². The molecular formula is C24H25FN2O7S. The van der Waals surface area contributed by atoms with Crippen LogP contribution in [0.25, 0.3) is 0 Å². The van der Waals surface area contributed by atoms with E-state index in [0.29, 0.717) is 11.5 Å². The minimum absolute atomic E-state index is 0.0466. The number of carbonyl (C=O) groups is 1. The highest BCUT2D eigenvalue weighted by Crippen LogP contribution is 2.37. The van der Waals surface area contributed by atoms with E-state index in [-0.39, 0.29) is 27.8 Å². The molecule has 1 N–H and O–H groups in total. The lowest BCUT2D eigenvalue weighted by Crippen LogP contribution is -2.38. The van der Waals surface area contributed by atoms with Crippen LogP contribution >= 0.6 is 0 Å². The Balaban J connectivity index is 2.11. The molecule has 0 unspecified atom stereocenters. The van der Waals surface area contributed by atoms with Crippen LogP contribution in [0.3, 0.4) is 0 Å². The second kappa shape index (κ2) is 11.0. The molecule has 35 heavy (non-hydrogen) atoms. The second-order valence-corrected chi connectivity index (χ2v) is 8.96. The summed E-state index contributed by atoms with van der Waals surface area (Å²) in [5.74, 6) is -0.411. The summed E-state index contributed by atoms with van der Waals surface area (Å²) >= 11 is 0. The van der Waals surface area contributed by atoms with Crippen molar-refractivity contribution in [3.8, 4) is 23.0 Å². The molecule has 0 aliphatic rings. The molecule has 0 aromatic heterocycles. The number of halogens is 1. The maximum Gasteiger partial charge on any atom is 0.265 e. The zero-order chi connectivity index (χ0) is 25.6. The molecule has 0 atom stereocenters. The van der Waals surface area contributed by atoms with Crippen molar-refractivity contribution in [1.29, 1.82) is 0 Å². The third-order valence-corrected chi connectivity index (χ3v) is 6.79. The molecule has 3 aromatic carbocycles. The molecule has 0 saturated carbocycles. The van der Waals surface area contributed by atoms with Crippen molar-refractivity contribution < 1.29 is 36.6 Å². The minimum atomic E-state index is -4.36. The first-order chi connectivity index (χ1) is 16.7. The van der Waals surface area contributed by atoms with Gasteiger partial charge in [0, 0.05) is 12.1 Å². The van der Waals surface area contributed by atoms with E-state index >= 15 is 0 Å². The molecule has 0 aliphatic heterocycles. The van der Waals surface area contributed by atoms with Crippen molar-refractivity contribution in [2.75, 3.05) is 44.6 Å². The number of para-hydroxylation sites is 1. The van der Waals surface area contributed by atoms with Gasteiger partial charge >= 0.3 is 0 Å². The summed E-state index contributed by atoms with van der Waals surface area (Å²) in [6.07, 6.45) is 0. The molecular weight excluding hydrogens is 479 g/mol. The highest BCUT2D eigenvalue weighted by atomic mass is 32.2. The van der Waals surface area contributed by atoms with Crippen molar-refractivity contribution in [3.63, 3.8) is 0 Å². The fraction of sp³-hybridized carbons (Fsp3) is 0.208. The van der Waals surface area contributed by atoms with Crippen molar-refractivity contribution in [2.45, 2.75) is 4.90 Å². The predicted molar refractivity (Wildman–Crippen MR) is 129 cm³/mol. The topological polar surface area (TPSA) is 103 Å². The second-order valence-electron chi connectivity index (χ2n) is 7.09. The van der Waals surface area contributed by atoms with E-state index in [1.54, 1.807) is 12.1 Å². The van der Waals surface area contributed by atoms with E-state index in [0.717, 1.165) is 4.31 Å². The first kappa shape index (κ1) is 25.6. The van der Waals surface area contributed by atoms with Crippen LogP contribution < -0.4 is 28.6 Å². The Hall–Kier alpha value is -3.99. The van der Waals surface area contributed by atoms with E-state index in [2.05, 4.69) is 5.32 Å². The number of amides is 1. The third-order valence-electron chi connectivity index (χ3n) is 5.03. The summed E-state index contributed by atoms with van der Waals surface area (Å²) in [5, 5.41) is 2.40. The molecule has 0 saturated heterocycles. The highest BCUT2D eigenvalue weighted by Gasteiger charge is 2.31. The van der Waals surface area contributed by atoms with Gasteiger partial charge in [-0.05, 0) is 36.4 Å². The third kappa shape index (κ3) is 5.57. The number of methoxy groups -OCH3 is 4. The zero-order valence-corrected chi connectivity index (χ0v) is 20.4. The number of hydrogen-bond acceptors (Lipinski definition) is 7. The average molecular weight is 505 g/mol. The van der Waals surface area contributed by atoms with Gasteiger partial charge in [-0.1, -0.05) is 12.1 Å². The summed E-state index contributed by atoms with van der Waals surface area (Å²) in [6, 6.07) is 14.1. The zero-order valence-electron chi connectivity index (χ0n) is 19.6. The van der Waals surface area contributed by atoms with Crippen LogP contribution in [-0.2, 0) is 14.8 Å². The van der Waals surface area contributed by atoms with Gasteiger partial charge in [0.15, 0.2) is 11.5 Å². The summed E-state index contributed by atoms with van der Waals surface area (Å²) in [6.45, 7) is -0.686. The Morgan fingerprint density at radius 1 is 0.857 bits per heavy atom. The summed E-state index contributed by atoms with van der Waals surface area (Å²) < 4.78 is 63.6. The molecule has 0 heterocycles. The molecule has 0 aliphatic carbocycles. The van der Waals surface area contributed by atoms with E-state index in [1.807, 2.05) is 0 Å². The highest BCUT2D eigenvalue weighted by molar-refractivity contribution is 7.92. The number of ether oxygens (including phenoxy) is 4. The van der Waals surface area contributed by atoms with Gasteiger partial charge in [-0.3, -0.25) is 9.10 Å². The minimum Gasteiger partial charge on any atom is -0.497 e. The van der Waals surface area contributed by atoms with Crippen LogP contribution in [0.2, 0.25) is 0 Å². The quantitative estimate of drug-likeness (QED) is 0.449. The van der Waals surface area contributed by atoms with Gasteiger partial charge in [-0.15, -0.1) is 0 Å². The van der Waals surface area contributed by atoms with Crippen LogP contribution in [0, 0.1) is 5.82 Å². The lowest BCUT2D eigenvalue weighted by atomic mass is 10.2. The number of nitrogens with one attached hydrogen (secondary N) is 1. The number of carbonyl (C=O) groups excluding carboxylic acids is 1. The van der Waals surface area contributed by atoms with E-state index < -0.39 is 28.3 Å². The Kier molecular flexibility index (Phi) is 8.02. The van der Waals surface area contributed by atoms with Crippen LogP contribution in [0.1, 0.15) is 0 Å². The van der Waals surface area contributed by atoms with Gasteiger partial charge in [0.05, 0.1) is 44.7 Å². The average Bonchev–Trinajstić information content (AvgIpc) is 2.87. The Morgan fingerprint density at radius 3 is 2.14 bits per heavy atom. The van der Waals surface area contributed by atoms with Crippen molar-refractivity contribution in [2.24, 2.45) is 0 Å². The monoisotopic (exact) mass is 504 g/mol. The number of hydrogen-bond donors (Lipinski definition) is 1. The van der Waals surface area contributed by atoms with Crippen LogP contribution in [0.5, 0.6) is 23.0 Å². The summed E-state index contributed by atoms with van der Waals surface area (Å²) in [5.41, 5.74) is -0.0381. The molecule has 0 fully saturated rings. The smallest absolute Gasteiger partial charge is 0.265 e. The molecule has 3 rings (SSSR count). The Morgan fingerprint density at radius 2 is 1.51 bits per heavy atom. The van der Waals surface area contributed by atoms with E-state index in [4.69, 9.17) is 18.9 Å². The molecule has 186 valence electrons. The van der Waals surface area contributed by atoms with Gasteiger partial charge in [-0.2, -0.15) is 0 Å². The van der Waals surface area contributed by atoms with E-state index in [9.17, 15) is 17.6 Å². The fourth-order valence-corrected chi connectivity index (χ4v) is 4.72. The number of anilines is 2. The molecule has 9 nitrogen and oxygen atoms in total. The maximum absolute atomic E-state index is 14.1. The molecule has 3 aromatic rings. The van der Waals surface area contributed by atoms with Crippen molar-refractivity contribution in [3.05, 3.63) is 66.5 Å². The maximum atomic E-state index is 14.1. The molecule has 1 amide bonds. The number of sulfonamides is 1. The fourth-order valence-electron chi connectivity index (χ4n) is 3.28. The molecule has 11 heteroatoms. The van der Waals surface area contributed by atoms with Crippen molar-refractivity contribution >= 4 is 27.3 Å². The number of nitrogens with zero attached hydrogens (tertiary/aromatic N) is 1. The molecule has 0 radical (unpaired) electrons. The number of benzene rings is 3. The molecule has 0 spiro atoms. The largest absolute Gasteiger partial charge is 0.497 e. The van der Waals surface area contributed by atoms with Gasteiger partial charge in [-0.25, -0.2) is 12.8 Å². The van der Waals surface area contributed by atoms with E-state index in [1.165, 1.54) is 77.0 Å². The normalized spacial score (nSPS) is 10.9.